The van der Waals surface area contributed by atoms with E-state index in [-0.39, 0.29) is 18.4 Å². The van der Waals surface area contributed by atoms with E-state index in [0.29, 0.717) is 41.6 Å². The van der Waals surface area contributed by atoms with Crippen molar-refractivity contribution in [2.75, 3.05) is 30.0 Å². The molecule has 1 aliphatic heterocycles. The number of benzene rings is 2. The van der Waals surface area contributed by atoms with E-state index in [2.05, 4.69) is 11.9 Å². The first-order valence-corrected chi connectivity index (χ1v) is 8.84. The third kappa shape index (κ3) is 4.28. The van der Waals surface area contributed by atoms with Gasteiger partial charge in [-0.2, -0.15) is 0 Å². The predicted octanol–water partition coefficient (Wildman–Crippen LogP) is 3.64. The van der Waals surface area contributed by atoms with E-state index in [4.69, 9.17) is 9.47 Å². The number of hydrogen-bond acceptors (Lipinski definition) is 4. The van der Waals surface area contributed by atoms with Crippen LogP contribution < -0.4 is 19.7 Å². The average molecular weight is 366 g/mol. The molecule has 0 radical (unpaired) electrons. The largest absolute Gasteiger partial charge is 0.494 e. The average Bonchev–Trinajstić information content (AvgIpc) is 2.69. The topological polar surface area (TPSA) is 67.9 Å². The molecular weight excluding hydrogens is 344 g/mol. The van der Waals surface area contributed by atoms with E-state index in [0.717, 1.165) is 6.42 Å². The van der Waals surface area contributed by atoms with Crippen LogP contribution in [-0.2, 0) is 4.79 Å². The van der Waals surface area contributed by atoms with Crippen LogP contribution in [0, 0.1) is 0 Å². The van der Waals surface area contributed by atoms with E-state index in [1.54, 1.807) is 47.4 Å². The lowest BCUT2D eigenvalue weighted by Gasteiger charge is -2.28. The van der Waals surface area contributed by atoms with Crippen LogP contribution in [0.25, 0.3) is 0 Å². The minimum absolute atomic E-state index is 0.00288. The summed E-state index contributed by atoms with van der Waals surface area (Å²) in [5.74, 6) is 0.859. The van der Waals surface area contributed by atoms with E-state index >= 15 is 0 Å². The first kappa shape index (κ1) is 18.5. The Labute approximate surface area is 158 Å². The van der Waals surface area contributed by atoms with Crippen molar-refractivity contribution in [1.29, 1.82) is 0 Å². The Kier molecular flexibility index (Phi) is 5.76. The van der Waals surface area contributed by atoms with E-state index in [9.17, 15) is 9.59 Å². The minimum Gasteiger partial charge on any atom is -0.494 e. The van der Waals surface area contributed by atoms with E-state index in [1.165, 1.54) is 0 Å². The number of rotatable bonds is 7. The maximum atomic E-state index is 12.6. The molecule has 6 heteroatoms. The molecule has 0 bridgehead atoms. The molecule has 2 aromatic carbocycles. The van der Waals surface area contributed by atoms with Crippen molar-refractivity contribution in [1.82, 2.24) is 0 Å². The van der Waals surface area contributed by atoms with Crippen LogP contribution in [-0.4, -0.2) is 31.6 Å². The van der Waals surface area contributed by atoms with Gasteiger partial charge in [-0.3, -0.25) is 9.59 Å². The van der Waals surface area contributed by atoms with Crippen LogP contribution in [0.3, 0.4) is 0 Å². The second kappa shape index (κ2) is 8.40. The number of carbonyl (C=O) groups excluding carboxylic acids is 2. The second-order valence-electron chi connectivity index (χ2n) is 6.09. The number of fused-ring (bicyclic) bond motifs is 1. The summed E-state index contributed by atoms with van der Waals surface area (Å²) in [5.41, 5.74) is 1.69. The molecule has 3 rings (SSSR count). The van der Waals surface area contributed by atoms with Gasteiger partial charge in [0.05, 0.1) is 12.3 Å². The zero-order valence-electron chi connectivity index (χ0n) is 15.2. The van der Waals surface area contributed by atoms with Gasteiger partial charge in [0, 0.05) is 17.8 Å². The lowest BCUT2D eigenvalue weighted by atomic mass is 10.1. The fourth-order valence-corrected chi connectivity index (χ4v) is 2.76. The molecule has 0 spiro atoms. The molecule has 0 aliphatic carbocycles. The minimum atomic E-state index is -0.254. The first-order chi connectivity index (χ1) is 13.1. The first-order valence-electron chi connectivity index (χ1n) is 8.84. The van der Waals surface area contributed by atoms with Crippen molar-refractivity contribution in [3.63, 3.8) is 0 Å². The van der Waals surface area contributed by atoms with Gasteiger partial charge in [-0.1, -0.05) is 19.1 Å². The molecule has 1 aliphatic rings. The second-order valence-corrected chi connectivity index (χ2v) is 6.09. The van der Waals surface area contributed by atoms with Crippen LogP contribution in [0.4, 0.5) is 11.4 Å². The highest BCUT2D eigenvalue weighted by Crippen LogP contribution is 2.34. The monoisotopic (exact) mass is 366 g/mol. The van der Waals surface area contributed by atoms with Gasteiger partial charge in [0.1, 0.15) is 11.5 Å². The van der Waals surface area contributed by atoms with Gasteiger partial charge in [0.2, 0.25) is 0 Å². The van der Waals surface area contributed by atoms with E-state index < -0.39 is 0 Å². The van der Waals surface area contributed by atoms with E-state index in [1.807, 2.05) is 13.0 Å². The quantitative estimate of drug-likeness (QED) is 0.760. The molecule has 2 aromatic rings. The Morgan fingerprint density at radius 3 is 2.96 bits per heavy atom. The SMILES string of the molecule is C=CCN1C(=O)COc2ccc(NC(=O)c3cccc(OCCC)c3)cc21. The number of anilines is 2. The number of nitrogens with one attached hydrogen (secondary N) is 1. The summed E-state index contributed by atoms with van der Waals surface area (Å²) in [6.45, 7) is 6.69. The summed E-state index contributed by atoms with van der Waals surface area (Å²) in [6, 6.07) is 12.3. The van der Waals surface area contributed by atoms with Crippen LogP contribution >= 0.6 is 0 Å². The Balaban J connectivity index is 1.79. The molecular formula is C21H22N2O4. The highest BCUT2D eigenvalue weighted by Gasteiger charge is 2.25. The third-order valence-corrected chi connectivity index (χ3v) is 4.04. The Morgan fingerprint density at radius 1 is 1.33 bits per heavy atom. The molecule has 0 aromatic heterocycles. The summed E-state index contributed by atoms with van der Waals surface area (Å²) in [4.78, 5) is 26.2. The van der Waals surface area contributed by atoms with Crippen molar-refractivity contribution in [3.05, 3.63) is 60.7 Å². The fraction of sp³-hybridized carbons (Fsp3) is 0.238. The lowest BCUT2D eigenvalue weighted by molar-refractivity contribution is -0.121. The zero-order chi connectivity index (χ0) is 19.2. The number of amides is 2. The summed E-state index contributed by atoms with van der Waals surface area (Å²) < 4.78 is 11.0. The van der Waals surface area contributed by atoms with Crippen molar-refractivity contribution in [2.24, 2.45) is 0 Å². The molecule has 2 amide bonds. The number of carbonyl (C=O) groups is 2. The van der Waals surface area contributed by atoms with Gasteiger partial charge in [0.25, 0.3) is 11.8 Å². The number of hydrogen-bond donors (Lipinski definition) is 1. The summed E-state index contributed by atoms with van der Waals surface area (Å²) in [7, 11) is 0. The number of ether oxygens (including phenoxy) is 2. The molecule has 1 heterocycles. The van der Waals surface area contributed by atoms with Crippen LogP contribution in [0.2, 0.25) is 0 Å². The molecule has 27 heavy (non-hydrogen) atoms. The summed E-state index contributed by atoms with van der Waals surface area (Å²) in [5, 5.41) is 2.86. The lowest BCUT2D eigenvalue weighted by Crippen LogP contribution is -2.38. The Bertz CT molecular complexity index is 863. The van der Waals surface area contributed by atoms with Crippen molar-refractivity contribution >= 4 is 23.2 Å². The standard InChI is InChI=1S/C21H22N2O4/c1-3-10-23-18-13-16(8-9-19(18)27-14-20(23)24)22-21(25)15-6-5-7-17(12-15)26-11-4-2/h3,5-9,12-13H,1,4,10-11,14H2,2H3,(H,22,25). The van der Waals surface area contributed by atoms with Gasteiger partial charge < -0.3 is 19.7 Å². The highest BCUT2D eigenvalue weighted by atomic mass is 16.5. The van der Waals surface area contributed by atoms with Crippen LogP contribution in [0.15, 0.2) is 55.1 Å². The summed E-state index contributed by atoms with van der Waals surface area (Å²) >= 11 is 0. The highest BCUT2D eigenvalue weighted by molar-refractivity contribution is 6.05. The van der Waals surface area contributed by atoms with Gasteiger partial charge in [-0.05, 0) is 42.8 Å². The third-order valence-electron chi connectivity index (χ3n) is 4.04. The number of nitrogens with zero attached hydrogens (tertiary/aromatic N) is 1. The van der Waals surface area contributed by atoms with Gasteiger partial charge in [-0.25, -0.2) is 0 Å². The Hall–Kier alpha value is -3.28. The maximum Gasteiger partial charge on any atom is 0.265 e. The van der Waals surface area contributed by atoms with Gasteiger partial charge in [-0.15, -0.1) is 6.58 Å². The Morgan fingerprint density at radius 2 is 2.19 bits per heavy atom. The van der Waals surface area contributed by atoms with Gasteiger partial charge in [0.15, 0.2) is 6.61 Å². The van der Waals surface area contributed by atoms with Crippen LogP contribution in [0.1, 0.15) is 23.7 Å². The molecule has 0 fully saturated rings. The molecule has 0 saturated heterocycles. The fourth-order valence-electron chi connectivity index (χ4n) is 2.76. The van der Waals surface area contributed by atoms with Crippen molar-refractivity contribution in [3.8, 4) is 11.5 Å². The molecule has 6 nitrogen and oxygen atoms in total. The zero-order valence-corrected chi connectivity index (χ0v) is 15.2. The molecule has 0 atom stereocenters. The molecule has 1 N–H and O–H groups in total. The molecule has 0 unspecified atom stereocenters. The van der Waals surface area contributed by atoms with Gasteiger partial charge >= 0.3 is 0 Å². The predicted molar refractivity (Wildman–Crippen MR) is 105 cm³/mol. The maximum absolute atomic E-state index is 12.6. The van der Waals surface area contributed by atoms with Crippen LogP contribution in [0.5, 0.6) is 11.5 Å². The normalized spacial score (nSPS) is 12.8. The molecule has 140 valence electrons. The molecule has 0 saturated carbocycles. The van der Waals surface area contributed by atoms with Crippen molar-refractivity contribution in [2.45, 2.75) is 13.3 Å². The van der Waals surface area contributed by atoms with Crippen molar-refractivity contribution < 1.29 is 19.1 Å². The smallest absolute Gasteiger partial charge is 0.265 e. The summed E-state index contributed by atoms with van der Waals surface area (Å²) in [6.07, 6.45) is 2.55.